The summed E-state index contributed by atoms with van der Waals surface area (Å²) in [6, 6.07) is 17.6. The lowest BCUT2D eigenvalue weighted by molar-refractivity contribution is -0.132. The van der Waals surface area contributed by atoms with Gasteiger partial charge in [0.2, 0.25) is 0 Å². The third-order valence-corrected chi connectivity index (χ3v) is 5.25. The number of hydrogen-bond donors (Lipinski definition) is 0. The molecule has 2 aliphatic heterocycles. The molecule has 0 radical (unpaired) electrons. The standard InChI is InChI=1S/C22H22N4O2/c1-28-19-7-3-6-18(11-19)14-26-22(27)20-8-9-25(15-21(20)24-26)13-17-5-2-4-16(10-17)12-23/h2-7,10-11,20H,8-9,13-15H2,1H3. The van der Waals surface area contributed by atoms with Gasteiger partial charge in [0.1, 0.15) is 5.75 Å². The number of likely N-dealkylation sites (tertiary alicyclic amines) is 1. The van der Waals surface area contributed by atoms with Gasteiger partial charge < -0.3 is 4.74 Å². The van der Waals surface area contributed by atoms with Crippen molar-refractivity contribution in [2.45, 2.75) is 19.5 Å². The van der Waals surface area contributed by atoms with Gasteiger partial charge in [-0.3, -0.25) is 9.69 Å². The smallest absolute Gasteiger partial charge is 0.251 e. The minimum absolute atomic E-state index is 0.0870. The molecule has 0 aromatic heterocycles. The molecule has 0 saturated carbocycles. The van der Waals surface area contributed by atoms with Crippen LogP contribution in [-0.4, -0.2) is 41.7 Å². The van der Waals surface area contributed by atoms with Crippen LogP contribution in [0.3, 0.4) is 0 Å². The monoisotopic (exact) mass is 374 g/mol. The number of hydrogen-bond acceptors (Lipinski definition) is 5. The summed E-state index contributed by atoms with van der Waals surface area (Å²) in [5.74, 6) is 0.760. The number of piperidine rings is 1. The molecule has 2 aromatic carbocycles. The average Bonchev–Trinajstić information content (AvgIpc) is 3.03. The van der Waals surface area contributed by atoms with E-state index in [1.54, 1.807) is 12.1 Å². The number of carbonyl (C=O) groups is 1. The van der Waals surface area contributed by atoms with E-state index in [9.17, 15) is 4.79 Å². The summed E-state index contributed by atoms with van der Waals surface area (Å²) in [5.41, 5.74) is 3.72. The lowest BCUT2D eigenvalue weighted by Crippen LogP contribution is -2.41. The second-order valence-corrected chi connectivity index (χ2v) is 7.20. The molecule has 142 valence electrons. The van der Waals surface area contributed by atoms with Crippen molar-refractivity contribution in [3.8, 4) is 11.8 Å². The molecular weight excluding hydrogens is 352 g/mol. The molecule has 1 fully saturated rings. The number of fused-ring (bicyclic) bond motifs is 1. The maximum Gasteiger partial charge on any atom is 0.251 e. The molecule has 0 aliphatic carbocycles. The SMILES string of the molecule is COc1cccc(CN2N=C3CN(Cc4cccc(C#N)c4)CCC3C2=O)c1. The number of amides is 1. The van der Waals surface area contributed by atoms with Gasteiger partial charge in [-0.15, -0.1) is 0 Å². The van der Waals surface area contributed by atoms with E-state index >= 15 is 0 Å². The fraction of sp³-hybridized carbons (Fsp3) is 0.318. The molecule has 6 heteroatoms. The zero-order chi connectivity index (χ0) is 19.5. The fourth-order valence-electron chi connectivity index (χ4n) is 3.84. The zero-order valence-electron chi connectivity index (χ0n) is 15.8. The van der Waals surface area contributed by atoms with Crippen LogP contribution in [-0.2, 0) is 17.9 Å². The predicted molar refractivity (Wildman–Crippen MR) is 106 cm³/mol. The van der Waals surface area contributed by atoms with Gasteiger partial charge in [-0.1, -0.05) is 24.3 Å². The molecular formula is C22H22N4O2. The Morgan fingerprint density at radius 3 is 2.75 bits per heavy atom. The van der Waals surface area contributed by atoms with Crippen LogP contribution in [0.1, 0.15) is 23.1 Å². The Morgan fingerprint density at radius 2 is 1.96 bits per heavy atom. The van der Waals surface area contributed by atoms with Crippen LogP contribution in [0.4, 0.5) is 0 Å². The van der Waals surface area contributed by atoms with Crippen molar-refractivity contribution in [3.63, 3.8) is 0 Å². The lowest BCUT2D eigenvalue weighted by atomic mass is 9.94. The molecule has 0 spiro atoms. The Hall–Kier alpha value is -3.17. The van der Waals surface area contributed by atoms with E-state index in [2.05, 4.69) is 16.1 Å². The van der Waals surface area contributed by atoms with E-state index in [4.69, 9.17) is 10.00 Å². The summed E-state index contributed by atoms with van der Waals surface area (Å²) in [6.45, 7) is 2.74. The number of ether oxygens (including phenoxy) is 1. The number of benzene rings is 2. The quantitative estimate of drug-likeness (QED) is 0.807. The highest BCUT2D eigenvalue weighted by Crippen LogP contribution is 2.27. The van der Waals surface area contributed by atoms with Crippen molar-refractivity contribution < 1.29 is 9.53 Å². The van der Waals surface area contributed by atoms with Crippen molar-refractivity contribution in [3.05, 3.63) is 65.2 Å². The van der Waals surface area contributed by atoms with Crippen molar-refractivity contribution >= 4 is 11.6 Å². The van der Waals surface area contributed by atoms with Gasteiger partial charge in [-0.2, -0.15) is 10.4 Å². The number of hydrazone groups is 1. The number of methoxy groups -OCH3 is 1. The topological polar surface area (TPSA) is 68.9 Å². The molecule has 28 heavy (non-hydrogen) atoms. The van der Waals surface area contributed by atoms with Crippen molar-refractivity contribution in [2.24, 2.45) is 11.0 Å². The largest absolute Gasteiger partial charge is 0.497 e. The van der Waals surface area contributed by atoms with Gasteiger partial charge in [0.15, 0.2) is 0 Å². The highest BCUT2D eigenvalue weighted by molar-refractivity contribution is 6.09. The molecule has 1 atom stereocenters. The predicted octanol–water partition coefficient (Wildman–Crippen LogP) is 2.79. The molecule has 1 amide bonds. The van der Waals surface area contributed by atoms with E-state index in [0.29, 0.717) is 18.7 Å². The summed E-state index contributed by atoms with van der Waals surface area (Å²) < 4.78 is 5.26. The van der Waals surface area contributed by atoms with Crippen LogP contribution in [0.5, 0.6) is 5.75 Å². The van der Waals surface area contributed by atoms with Gasteiger partial charge in [-0.25, -0.2) is 5.01 Å². The van der Waals surface area contributed by atoms with Crippen LogP contribution in [0.25, 0.3) is 0 Å². The fourth-order valence-corrected chi connectivity index (χ4v) is 3.84. The van der Waals surface area contributed by atoms with Crippen LogP contribution < -0.4 is 4.74 Å². The highest BCUT2D eigenvalue weighted by atomic mass is 16.5. The first-order chi connectivity index (χ1) is 13.7. The third-order valence-electron chi connectivity index (χ3n) is 5.25. The molecule has 6 nitrogen and oxygen atoms in total. The molecule has 2 heterocycles. The van der Waals surface area contributed by atoms with Crippen LogP contribution in [0.15, 0.2) is 53.6 Å². The van der Waals surface area contributed by atoms with Crippen molar-refractivity contribution in [1.29, 1.82) is 5.26 Å². The van der Waals surface area contributed by atoms with Crippen molar-refractivity contribution in [2.75, 3.05) is 20.2 Å². The Labute approximate surface area is 164 Å². The Morgan fingerprint density at radius 1 is 1.18 bits per heavy atom. The Kier molecular flexibility index (Phi) is 5.09. The maximum atomic E-state index is 12.8. The highest BCUT2D eigenvalue weighted by Gasteiger charge is 2.39. The van der Waals surface area contributed by atoms with Gasteiger partial charge in [0.05, 0.1) is 36.9 Å². The minimum atomic E-state index is -0.104. The molecule has 0 N–H and O–H groups in total. The third kappa shape index (κ3) is 3.75. The first-order valence-corrected chi connectivity index (χ1v) is 9.39. The molecule has 0 bridgehead atoms. The Bertz CT molecular complexity index is 963. The van der Waals surface area contributed by atoms with E-state index in [1.807, 2.05) is 48.5 Å². The molecule has 4 rings (SSSR count). The summed E-state index contributed by atoms with van der Waals surface area (Å²) in [7, 11) is 1.63. The van der Waals surface area contributed by atoms with Crippen molar-refractivity contribution in [1.82, 2.24) is 9.91 Å². The van der Waals surface area contributed by atoms with Gasteiger partial charge in [0.25, 0.3) is 5.91 Å². The van der Waals surface area contributed by atoms with E-state index in [-0.39, 0.29) is 11.8 Å². The minimum Gasteiger partial charge on any atom is -0.497 e. The van der Waals surface area contributed by atoms with Gasteiger partial charge in [-0.05, 0) is 41.8 Å². The first-order valence-electron chi connectivity index (χ1n) is 9.39. The summed E-state index contributed by atoms with van der Waals surface area (Å²) >= 11 is 0. The summed E-state index contributed by atoms with van der Waals surface area (Å²) in [5, 5.41) is 15.3. The van der Waals surface area contributed by atoms with Crippen LogP contribution in [0.2, 0.25) is 0 Å². The summed E-state index contributed by atoms with van der Waals surface area (Å²) in [4.78, 5) is 15.1. The molecule has 2 aromatic rings. The van der Waals surface area contributed by atoms with Gasteiger partial charge >= 0.3 is 0 Å². The number of rotatable bonds is 5. The molecule has 1 saturated heterocycles. The number of nitriles is 1. The van der Waals surface area contributed by atoms with E-state index < -0.39 is 0 Å². The maximum absolute atomic E-state index is 12.8. The normalized spacial score (nSPS) is 19.1. The molecule has 1 unspecified atom stereocenters. The van der Waals surface area contributed by atoms with E-state index in [0.717, 1.165) is 42.1 Å². The van der Waals surface area contributed by atoms with Crippen LogP contribution in [0, 0.1) is 17.2 Å². The lowest BCUT2D eigenvalue weighted by Gasteiger charge is -2.29. The van der Waals surface area contributed by atoms with Gasteiger partial charge in [0, 0.05) is 19.6 Å². The first kappa shape index (κ1) is 18.2. The van der Waals surface area contributed by atoms with Crippen LogP contribution >= 0.6 is 0 Å². The second-order valence-electron chi connectivity index (χ2n) is 7.20. The second kappa shape index (κ2) is 7.83. The van der Waals surface area contributed by atoms with E-state index in [1.165, 1.54) is 0 Å². The zero-order valence-corrected chi connectivity index (χ0v) is 15.8. The molecule has 2 aliphatic rings. The number of carbonyl (C=O) groups excluding carboxylic acids is 1. The number of nitrogens with zero attached hydrogens (tertiary/aromatic N) is 4. The summed E-state index contributed by atoms with van der Waals surface area (Å²) in [6.07, 6.45) is 0.782. The average molecular weight is 374 g/mol. The Balaban J connectivity index is 1.44.